The van der Waals surface area contributed by atoms with E-state index in [0.29, 0.717) is 36.7 Å². The zero-order chi connectivity index (χ0) is 15.9. The van der Waals surface area contributed by atoms with Crippen molar-refractivity contribution in [1.82, 2.24) is 5.32 Å². The van der Waals surface area contributed by atoms with E-state index in [1.807, 2.05) is 0 Å². The third-order valence-electron chi connectivity index (χ3n) is 3.21. The molecule has 120 valence electrons. The third-order valence-corrected chi connectivity index (χ3v) is 3.21. The van der Waals surface area contributed by atoms with Crippen molar-refractivity contribution in [3.05, 3.63) is 18.2 Å². The molecule has 1 aromatic carbocycles. The van der Waals surface area contributed by atoms with Gasteiger partial charge in [0.05, 0.1) is 31.9 Å². The highest BCUT2D eigenvalue weighted by Crippen LogP contribution is 2.28. The number of morpholine rings is 1. The van der Waals surface area contributed by atoms with Gasteiger partial charge in [-0.1, -0.05) is 0 Å². The lowest BCUT2D eigenvalue weighted by atomic mass is 10.2. The Balaban J connectivity index is 1.96. The topological polar surface area (TPSA) is 88.7 Å². The molecular formula is C15H21N3O4. The maximum Gasteiger partial charge on any atom is 0.227 e. The zero-order valence-electron chi connectivity index (χ0n) is 12.8. The Bertz CT molecular complexity index is 542. The molecule has 2 amide bonds. The summed E-state index contributed by atoms with van der Waals surface area (Å²) < 4.78 is 10.7. The lowest BCUT2D eigenvalue weighted by molar-refractivity contribution is -0.119. The molecule has 1 heterocycles. The van der Waals surface area contributed by atoms with Gasteiger partial charge in [0.1, 0.15) is 5.75 Å². The van der Waals surface area contributed by atoms with Crippen LogP contribution in [-0.2, 0) is 14.3 Å². The SMILES string of the molecule is COc1cc(NC(=O)CC2CNCCO2)ccc1NC(C)=O. The van der Waals surface area contributed by atoms with Crippen LogP contribution in [0.25, 0.3) is 0 Å². The summed E-state index contributed by atoms with van der Waals surface area (Å²) in [5, 5.41) is 8.65. The minimum Gasteiger partial charge on any atom is -0.494 e. The molecular weight excluding hydrogens is 286 g/mol. The molecule has 1 fully saturated rings. The van der Waals surface area contributed by atoms with Gasteiger partial charge in [0, 0.05) is 31.8 Å². The van der Waals surface area contributed by atoms with E-state index in [4.69, 9.17) is 9.47 Å². The molecule has 1 atom stereocenters. The molecule has 7 nitrogen and oxygen atoms in total. The highest BCUT2D eigenvalue weighted by molar-refractivity contribution is 5.93. The molecule has 1 aliphatic heterocycles. The van der Waals surface area contributed by atoms with E-state index >= 15 is 0 Å². The minimum absolute atomic E-state index is 0.103. The Labute approximate surface area is 129 Å². The number of anilines is 2. The van der Waals surface area contributed by atoms with Crippen LogP contribution in [0.3, 0.4) is 0 Å². The Kier molecular flexibility index (Phi) is 5.74. The minimum atomic E-state index is -0.183. The summed E-state index contributed by atoms with van der Waals surface area (Å²) in [6.45, 7) is 3.54. The van der Waals surface area contributed by atoms with Gasteiger partial charge >= 0.3 is 0 Å². The van der Waals surface area contributed by atoms with Gasteiger partial charge in [0.2, 0.25) is 11.8 Å². The normalized spacial score (nSPS) is 17.6. The second-order valence-electron chi connectivity index (χ2n) is 5.05. The van der Waals surface area contributed by atoms with Crippen LogP contribution < -0.4 is 20.7 Å². The molecule has 2 rings (SSSR count). The second-order valence-corrected chi connectivity index (χ2v) is 5.05. The van der Waals surface area contributed by atoms with Crippen molar-refractivity contribution in [2.45, 2.75) is 19.4 Å². The average molecular weight is 307 g/mol. The summed E-state index contributed by atoms with van der Waals surface area (Å²) in [6.07, 6.45) is 0.192. The van der Waals surface area contributed by atoms with E-state index in [2.05, 4.69) is 16.0 Å². The molecule has 7 heteroatoms. The van der Waals surface area contributed by atoms with Crippen LogP contribution in [0.2, 0.25) is 0 Å². The van der Waals surface area contributed by atoms with Crippen molar-refractivity contribution < 1.29 is 19.1 Å². The zero-order valence-corrected chi connectivity index (χ0v) is 12.8. The van der Waals surface area contributed by atoms with E-state index in [1.165, 1.54) is 14.0 Å². The third kappa shape index (κ3) is 4.71. The van der Waals surface area contributed by atoms with E-state index in [9.17, 15) is 9.59 Å². The molecule has 0 aliphatic carbocycles. The summed E-state index contributed by atoms with van der Waals surface area (Å²) in [4.78, 5) is 23.1. The highest BCUT2D eigenvalue weighted by atomic mass is 16.5. The van der Waals surface area contributed by atoms with Crippen LogP contribution in [0.15, 0.2) is 18.2 Å². The largest absolute Gasteiger partial charge is 0.494 e. The smallest absolute Gasteiger partial charge is 0.227 e. The fourth-order valence-electron chi connectivity index (χ4n) is 2.23. The molecule has 1 saturated heterocycles. The Hall–Kier alpha value is -2.12. The number of methoxy groups -OCH3 is 1. The first kappa shape index (κ1) is 16.3. The number of amides is 2. The molecule has 22 heavy (non-hydrogen) atoms. The molecule has 0 aromatic heterocycles. The maximum atomic E-state index is 12.0. The van der Waals surface area contributed by atoms with Crippen molar-refractivity contribution in [3.63, 3.8) is 0 Å². The van der Waals surface area contributed by atoms with Crippen molar-refractivity contribution >= 4 is 23.2 Å². The van der Waals surface area contributed by atoms with E-state index < -0.39 is 0 Å². The summed E-state index contributed by atoms with van der Waals surface area (Å²) >= 11 is 0. The second kappa shape index (κ2) is 7.77. The molecule has 1 unspecified atom stereocenters. The van der Waals surface area contributed by atoms with Crippen LogP contribution in [-0.4, -0.2) is 44.7 Å². The van der Waals surface area contributed by atoms with Crippen LogP contribution in [0, 0.1) is 0 Å². The lowest BCUT2D eigenvalue weighted by Gasteiger charge is -2.23. The number of nitrogens with one attached hydrogen (secondary N) is 3. The number of benzene rings is 1. The number of hydrogen-bond donors (Lipinski definition) is 3. The first-order chi connectivity index (χ1) is 10.6. The van der Waals surface area contributed by atoms with Gasteiger partial charge in [0.25, 0.3) is 0 Å². The van der Waals surface area contributed by atoms with Gasteiger partial charge < -0.3 is 25.4 Å². The van der Waals surface area contributed by atoms with Crippen molar-refractivity contribution in [2.75, 3.05) is 37.4 Å². The Morgan fingerprint density at radius 2 is 2.23 bits per heavy atom. The van der Waals surface area contributed by atoms with Crippen LogP contribution in [0.5, 0.6) is 5.75 Å². The number of carbonyl (C=O) groups is 2. The summed E-state index contributed by atoms with van der Waals surface area (Å²) in [5.74, 6) is 0.184. The van der Waals surface area contributed by atoms with Gasteiger partial charge in [-0.3, -0.25) is 9.59 Å². The number of hydrogen-bond acceptors (Lipinski definition) is 5. The van der Waals surface area contributed by atoms with Crippen LogP contribution >= 0.6 is 0 Å². The predicted molar refractivity (Wildman–Crippen MR) is 83.2 cm³/mol. The molecule has 0 spiro atoms. The quantitative estimate of drug-likeness (QED) is 0.754. The van der Waals surface area contributed by atoms with Crippen LogP contribution in [0.1, 0.15) is 13.3 Å². The fraction of sp³-hybridized carbons (Fsp3) is 0.467. The monoisotopic (exact) mass is 307 g/mol. The van der Waals surface area contributed by atoms with E-state index in [0.717, 1.165) is 6.54 Å². The number of ether oxygens (including phenoxy) is 2. The standard InChI is InChI=1S/C15H21N3O4/c1-10(19)17-13-4-3-11(7-14(13)21-2)18-15(20)8-12-9-16-5-6-22-12/h3-4,7,12,16H,5-6,8-9H2,1-2H3,(H,17,19)(H,18,20). The van der Waals surface area contributed by atoms with Crippen molar-refractivity contribution in [1.29, 1.82) is 0 Å². The van der Waals surface area contributed by atoms with Gasteiger partial charge in [-0.15, -0.1) is 0 Å². The molecule has 0 saturated carbocycles. The van der Waals surface area contributed by atoms with E-state index in [-0.39, 0.29) is 17.9 Å². The van der Waals surface area contributed by atoms with Gasteiger partial charge in [-0.2, -0.15) is 0 Å². The molecule has 1 aliphatic rings. The van der Waals surface area contributed by atoms with Crippen LogP contribution in [0.4, 0.5) is 11.4 Å². The van der Waals surface area contributed by atoms with Gasteiger partial charge in [0.15, 0.2) is 0 Å². The first-order valence-corrected chi connectivity index (χ1v) is 7.16. The van der Waals surface area contributed by atoms with Gasteiger partial charge in [-0.05, 0) is 12.1 Å². The fourth-order valence-corrected chi connectivity index (χ4v) is 2.23. The summed E-state index contributed by atoms with van der Waals surface area (Å²) in [6, 6.07) is 5.07. The van der Waals surface area contributed by atoms with Gasteiger partial charge in [-0.25, -0.2) is 0 Å². The lowest BCUT2D eigenvalue weighted by Crippen LogP contribution is -2.40. The average Bonchev–Trinajstić information content (AvgIpc) is 2.49. The highest BCUT2D eigenvalue weighted by Gasteiger charge is 2.17. The predicted octanol–water partition coefficient (Wildman–Crippen LogP) is 0.971. The van der Waals surface area contributed by atoms with Crippen molar-refractivity contribution in [2.24, 2.45) is 0 Å². The maximum absolute atomic E-state index is 12.0. The molecule has 1 aromatic rings. The van der Waals surface area contributed by atoms with E-state index in [1.54, 1.807) is 18.2 Å². The first-order valence-electron chi connectivity index (χ1n) is 7.16. The summed E-state index contributed by atoms with van der Waals surface area (Å²) in [7, 11) is 1.51. The van der Waals surface area contributed by atoms with Crippen molar-refractivity contribution in [3.8, 4) is 5.75 Å². The molecule has 0 radical (unpaired) electrons. The number of carbonyl (C=O) groups excluding carboxylic acids is 2. The Morgan fingerprint density at radius 1 is 1.41 bits per heavy atom. The summed E-state index contributed by atoms with van der Waals surface area (Å²) in [5.41, 5.74) is 1.17. The Morgan fingerprint density at radius 3 is 2.86 bits per heavy atom. The number of rotatable bonds is 5. The molecule has 3 N–H and O–H groups in total. The molecule has 0 bridgehead atoms.